The first kappa shape index (κ1) is 18.5. The number of amides is 1. The first-order valence-corrected chi connectivity index (χ1v) is 10.3. The average molecular weight is 393 g/mol. The number of hydrogen-bond acceptors (Lipinski definition) is 3. The molecule has 1 aromatic heterocycles. The van der Waals surface area contributed by atoms with Gasteiger partial charge in [-0.2, -0.15) is 0 Å². The lowest BCUT2D eigenvalue weighted by molar-refractivity contribution is 0.0780. The quantitative estimate of drug-likeness (QED) is 0.541. The highest BCUT2D eigenvalue weighted by molar-refractivity contribution is 6.04. The number of rotatable bonds is 5. The molecule has 1 aliphatic heterocycles. The molecule has 0 unspecified atom stereocenters. The summed E-state index contributed by atoms with van der Waals surface area (Å²) >= 11 is 0. The van der Waals surface area contributed by atoms with Gasteiger partial charge in [-0.05, 0) is 34.4 Å². The molecular weight excluding hydrogens is 370 g/mol. The fourth-order valence-electron chi connectivity index (χ4n) is 4.16. The number of fused-ring (bicyclic) bond motifs is 2. The van der Waals surface area contributed by atoms with Crippen molar-refractivity contribution in [3.63, 3.8) is 0 Å². The summed E-state index contributed by atoms with van der Waals surface area (Å²) in [4.78, 5) is 19.9. The largest absolute Gasteiger partial charge is 0.334 e. The van der Waals surface area contributed by atoms with E-state index in [-0.39, 0.29) is 5.91 Å². The van der Waals surface area contributed by atoms with Crippen LogP contribution in [0.15, 0.2) is 78.9 Å². The van der Waals surface area contributed by atoms with Crippen molar-refractivity contribution in [1.29, 1.82) is 0 Å². The fourth-order valence-corrected chi connectivity index (χ4v) is 4.16. The van der Waals surface area contributed by atoms with Gasteiger partial charge in [-0.15, -0.1) is 0 Å². The molecule has 2 N–H and O–H groups in total. The molecule has 30 heavy (non-hydrogen) atoms. The highest BCUT2D eigenvalue weighted by Gasteiger charge is 2.29. The van der Waals surface area contributed by atoms with E-state index >= 15 is 0 Å². The zero-order valence-corrected chi connectivity index (χ0v) is 16.7. The highest BCUT2D eigenvalue weighted by Crippen LogP contribution is 2.33. The number of carbonyl (C=O) groups excluding carboxylic acids is 1. The fraction of sp³-hybridized carbons (Fsp3) is 0.154. The molecule has 0 fully saturated rings. The summed E-state index contributed by atoms with van der Waals surface area (Å²) in [7, 11) is 0. The Balaban J connectivity index is 1.37. The summed E-state index contributed by atoms with van der Waals surface area (Å²) in [6, 6.07) is 26.5. The van der Waals surface area contributed by atoms with Crippen molar-refractivity contribution in [2.75, 3.05) is 6.54 Å². The highest BCUT2D eigenvalue weighted by atomic mass is 16.2. The van der Waals surface area contributed by atoms with Crippen molar-refractivity contribution in [3.8, 4) is 11.1 Å². The van der Waals surface area contributed by atoms with Crippen LogP contribution in [0.25, 0.3) is 22.0 Å². The molecule has 4 aromatic rings. The number of nitrogens with two attached hydrogens (primary N) is 1. The molecule has 0 bridgehead atoms. The van der Waals surface area contributed by atoms with Crippen LogP contribution in [-0.2, 0) is 19.5 Å². The predicted molar refractivity (Wildman–Crippen MR) is 120 cm³/mol. The van der Waals surface area contributed by atoms with E-state index in [1.54, 1.807) is 0 Å². The molecule has 1 amide bonds. The number of pyridine rings is 1. The minimum atomic E-state index is 0.101. The summed E-state index contributed by atoms with van der Waals surface area (Å²) in [5.41, 5.74) is 12.8. The maximum Gasteiger partial charge on any atom is 0.255 e. The van der Waals surface area contributed by atoms with Gasteiger partial charge in [0.15, 0.2) is 0 Å². The second kappa shape index (κ2) is 7.73. The average Bonchev–Trinajstić information content (AvgIpc) is 3.13. The van der Waals surface area contributed by atoms with E-state index in [1.807, 2.05) is 59.5 Å². The van der Waals surface area contributed by atoms with Crippen LogP contribution in [0.5, 0.6) is 0 Å². The van der Waals surface area contributed by atoms with Crippen molar-refractivity contribution in [2.45, 2.75) is 19.5 Å². The van der Waals surface area contributed by atoms with Gasteiger partial charge in [0.1, 0.15) is 0 Å². The Morgan fingerprint density at radius 1 is 0.900 bits per heavy atom. The molecule has 0 atom stereocenters. The van der Waals surface area contributed by atoms with Gasteiger partial charge in [0.2, 0.25) is 0 Å². The van der Waals surface area contributed by atoms with Crippen LogP contribution < -0.4 is 5.73 Å². The van der Waals surface area contributed by atoms with E-state index in [4.69, 9.17) is 10.7 Å². The normalized spacial score (nSPS) is 13.1. The van der Waals surface area contributed by atoms with Crippen LogP contribution in [0.2, 0.25) is 0 Å². The predicted octanol–water partition coefficient (Wildman–Crippen LogP) is 4.56. The third-order valence-corrected chi connectivity index (χ3v) is 5.81. The van der Waals surface area contributed by atoms with Crippen LogP contribution in [-0.4, -0.2) is 22.3 Å². The Hall–Kier alpha value is -3.50. The molecule has 4 nitrogen and oxygen atoms in total. The first-order chi connectivity index (χ1) is 14.7. The topological polar surface area (TPSA) is 59.2 Å². The SMILES string of the molecule is NCc1ccc(-c2cccc3c2C(=O)N(CCc2ccc4ccccc4n2)C3)cc1. The Morgan fingerprint density at radius 2 is 1.73 bits per heavy atom. The number of carbonyl (C=O) groups is 1. The van der Waals surface area contributed by atoms with Crippen molar-refractivity contribution in [3.05, 3.63) is 101 Å². The minimum absolute atomic E-state index is 0.101. The number of para-hydroxylation sites is 1. The van der Waals surface area contributed by atoms with Crippen LogP contribution in [0.4, 0.5) is 0 Å². The lowest BCUT2D eigenvalue weighted by atomic mass is 9.96. The number of aromatic nitrogens is 1. The smallest absolute Gasteiger partial charge is 0.255 e. The zero-order chi connectivity index (χ0) is 20.5. The summed E-state index contributed by atoms with van der Waals surface area (Å²) in [6.45, 7) is 1.82. The van der Waals surface area contributed by atoms with Gasteiger partial charge < -0.3 is 10.6 Å². The number of nitrogens with zero attached hydrogens (tertiary/aromatic N) is 2. The van der Waals surface area contributed by atoms with Crippen LogP contribution in [0.3, 0.4) is 0 Å². The molecule has 0 radical (unpaired) electrons. The van der Waals surface area contributed by atoms with E-state index in [0.29, 0.717) is 19.6 Å². The third-order valence-electron chi connectivity index (χ3n) is 5.81. The van der Waals surface area contributed by atoms with Crippen molar-refractivity contribution < 1.29 is 4.79 Å². The summed E-state index contributed by atoms with van der Waals surface area (Å²) in [5.74, 6) is 0.101. The summed E-state index contributed by atoms with van der Waals surface area (Å²) in [5, 5.41) is 1.14. The second-order valence-electron chi connectivity index (χ2n) is 7.71. The van der Waals surface area contributed by atoms with E-state index in [2.05, 4.69) is 24.3 Å². The first-order valence-electron chi connectivity index (χ1n) is 10.3. The lowest BCUT2D eigenvalue weighted by Gasteiger charge is -2.15. The monoisotopic (exact) mass is 393 g/mol. The van der Waals surface area contributed by atoms with E-state index in [9.17, 15) is 4.79 Å². The maximum atomic E-state index is 13.2. The Labute approximate surface area is 176 Å². The molecular formula is C26H23N3O. The van der Waals surface area contributed by atoms with Crippen LogP contribution in [0, 0.1) is 0 Å². The van der Waals surface area contributed by atoms with Gasteiger partial charge in [-0.25, -0.2) is 0 Å². The summed E-state index contributed by atoms with van der Waals surface area (Å²) < 4.78 is 0. The standard InChI is InChI=1S/C26H23N3O/c27-16-18-8-10-19(11-9-18)23-6-3-5-21-17-29(26(30)25(21)23)15-14-22-13-12-20-4-1-2-7-24(20)28-22/h1-13H,14-17,27H2. The van der Waals surface area contributed by atoms with Crippen molar-refractivity contribution in [1.82, 2.24) is 9.88 Å². The van der Waals surface area contributed by atoms with E-state index < -0.39 is 0 Å². The minimum Gasteiger partial charge on any atom is -0.334 e. The van der Waals surface area contributed by atoms with Gasteiger partial charge in [0.25, 0.3) is 5.91 Å². The van der Waals surface area contributed by atoms with Crippen LogP contribution in [0.1, 0.15) is 27.2 Å². The van der Waals surface area contributed by atoms with Gasteiger partial charge in [-0.3, -0.25) is 9.78 Å². The van der Waals surface area contributed by atoms with Crippen LogP contribution >= 0.6 is 0 Å². The molecule has 0 saturated heterocycles. The molecule has 2 heterocycles. The molecule has 4 heteroatoms. The Morgan fingerprint density at radius 3 is 2.57 bits per heavy atom. The van der Waals surface area contributed by atoms with Gasteiger partial charge in [0.05, 0.1) is 11.1 Å². The summed E-state index contributed by atoms with van der Waals surface area (Å²) in [6.07, 6.45) is 0.741. The van der Waals surface area contributed by atoms with E-state index in [0.717, 1.165) is 50.8 Å². The van der Waals surface area contributed by atoms with Gasteiger partial charge >= 0.3 is 0 Å². The second-order valence-corrected chi connectivity index (χ2v) is 7.71. The van der Waals surface area contributed by atoms with Gasteiger partial charge in [0, 0.05) is 37.1 Å². The number of benzene rings is 3. The zero-order valence-electron chi connectivity index (χ0n) is 16.7. The molecule has 0 aliphatic carbocycles. The molecule has 0 saturated carbocycles. The molecule has 3 aromatic carbocycles. The Bertz CT molecular complexity index is 1230. The third kappa shape index (κ3) is 3.36. The van der Waals surface area contributed by atoms with E-state index in [1.165, 1.54) is 0 Å². The Kier molecular flexibility index (Phi) is 4.77. The molecule has 0 spiro atoms. The number of hydrogen-bond donors (Lipinski definition) is 1. The molecule has 148 valence electrons. The lowest BCUT2D eigenvalue weighted by Crippen LogP contribution is -2.26. The molecule has 1 aliphatic rings. The maximum absolute atomic E-state index is 13.2. The van der Waals surface area contributed by atoms with Crippen molar-refractivity contribution >= 4 is 16.8 Å². The molecule has 5 rings (SSSR count). The van der Waals surface area contributed by atoms with Crippen molar-refractivity contribution in [2.24, 2.45) is 5.73 Å². The van der Waals surface area contributed by atoms with Gasteiger partial charge in [-0.1, -0.05) is 66.7 Å².